The Morgan fingerprint density at radius 1 is 1.43 bits per heavy atom. The van der Waals surface area contributed by atoms with E-state index < -0.39 is 11.7 Å². The molecule has 74 valence electrons. The predicted octanol–water partition coefficient (Wildman–Crippen LogP) is 0.697. The van der Waals surface area contributed by atoms with E-state index in [2.05, 4.69) is 4.74 Å². The van der Waals surface area contributed by atoms with Crippen LogP contribution in [0.3, 0.4) is 0 Å². The SMILES string of the molecule is COC(=O)c1cc(O)cc(O)c1C=O. The van der Waals surface area contributed by atoms with E-state index in [-0.39, 0.29) is 16.9 Å². The van der Waals surface area contributed by atoms with Crippen LogP contribution in [0.2, 0.25) is 0 Å². The molecule has 0 aliphatic rings. The van der Waals surface area contributed by atoms with Crippen molar-refractivity contribution in [1.82, 2.24) is 0 Å². The summed E-state index contributed by atoms with van der Waals surface area (Å²) in [6, 6.07) is 2.02. The van der Waals surface area contributed by atoms with Gasteiger partial charge in [-0.1, -0.05) is 0 Å². The van der Waals surface area contributed by atoms with Crippen LogP contribution in [-0.4, -0.2) is 29.6 Å². The Morgan fingerprint density at radius 3 is 2.57 bits per heavy atom. The van der Waals surface area contributed by atoms with E-state index in [0.29, 0.717) is 6.29 Å². The second-order valence-corrected chi connectivity index (χ2v) is 2.54. The Hall–Kier alpha value is -2.04. The number of hydrogen-bond acceptors (Lipinski definition) is 5. The molecule has 14 heavy (non-hydrogen) atoms. The summed E-state index contributed by atoms with van der Waals surface area (Å²) in [4.78, 5) is 21.6. The summed E-state index contributed by atoms with van der Waals surface area (Å²) in [5.74, 6) is -1.56. The van der Waals surface area contributed by atoms with Gasteiger partial charge in [-0.3, -0.25) is 4.79 Å². The van der Waals surface area contributed by atoms with Crippen LogP contribution in [-0.2, 0) is 4.74 Å². The molecule has 0 atom stereocenters. The van der Waals surface area contributed by atoms with Crippen molar-refractivity contribution in [3.8, 4) is 11.5 Å². The van der Waals surface area contributed by atoms with E-state index in [4.69, 9.17) is 5.11 Å². The summed E-state index contributed by atoms with van der Waals surface area (Å²) in [5, 5.41) is 18.3. The fourth-order valence-corrected chi connectivity index (χ4v) is 1.03. The van der Waals surface area contributed by atoms with Gasteiger partial charge in [0.2, 0.25) is 0 Å². The molecule has 0 amide bonds. The topological polar surface area (TPSA) is 83.8 Å². The van der Waals surface area contributed by atoms with E-state index in [1.165, 1.54) is 0 Å². The summed E-state index contributed by atoms with van der Waals surface area (Å²) in [7, 11) is 1.14. The number of phenols is 2. The number of aldehydes is 1. The van der Waals surface area contributed by atoms with Crippen molar-refractivity contribution in [1.29, 1.82) is 0 Å². The van der Waals surface area contributed by atoms with Crippen LogP contribution in [0.4, 0.5) is 0 Å². The molecule has 0 fully saturated rings. The number of carbonyl (C=O) groups is 2. The lowest BCUT2D eigenvalue weighted by atomic mass is 10.1. The molecule has 1 aromatic rings. The lowest BCUT2D eigenvalue weighted by Crippen LogP contribution is -2.05. The Bertz CT molecular complexity index is 383. The highest BCUT2D eigenvalue weighted by Gasteiger charge is 2.16. The summed E-state index contributed by atoms with van der Waals surface area (Å²) in [6.45, 7) is 0. The van der Waals surface area contributed by atoms with Crippen molar-refractivity contribution in [2.75, 3.05) is 7.11 Å². The molecular weight excluding hydrogens is 188 g/mol. The first-order valence-corrected chi connectivity index (χ1v) is 3.69. The number of methoxy groups -OCH3 is 1. The molecule has 0 aliphatic heterocycles. The van der Waals surface area contributed by atoms with Gasteiger partial charge in [0.15, 0.2) is 6.29 Å². The minimum absolute atomic E-state index is 0.167. The standard InChI is InChI=1S/C9H8O5/c1-14-9(13)6-2-5(11)3-8(12)7(6)4-10/h2-4,11-12H,1H3. The highest BCUT2D eigenvalue weighted by Crippen LogP contribution is 2.26. The van der Waals surface area contributed by atoms with Gasteiger partial charge in [-0.15, -0.1) is 0 Å². The van der Waals surface area contributed by atoms with Crippen molar-refractivity contribution < 1.29 is 24.5 Å². The van der Waals surface area contributed by atoms with Gasteiger partial charge in [-0.05, 0) is 6.07 Å². The minimum Gasteiger partial charge on any atom is -0.508 e. The van der Waals surface area contributed by atoms with Crippen LogP contribution < -0.4 is 0 Å². The van der Waals surface area contributed by atoms with Gasteiger partial charge < -0.3 is 14.9 Å². The number of esters is 1. The van der Waals surface area contributed by atoms with E-state index in [0.717, 1.165) is 19.2 Å². The summed E-state index contributed by atoms with van der Waals surface area (Å²) < 4.78 is 4.37. The third-order valence-electron chi connectivity index (χ3n) is 1.67. The molecule has 0 spiro atoms. The summed E-state index contributed by atoms with van der Waals surface area (Å²) >= 11 is 0. The van der Waals surface area contributed by atoms with Crippen LogP contribution >= 0.6 is 0 Å². The smallest absolute Gasteiger partial charge is 0.338 e. The normalized spacial score (nSPS) is 9.50. The van der Waals surface area contributed by atoms with Crippen molar-refractivity contribution in [2.45, 2.75) is 0 Å². The molecule has 5 nitrogen and oxygen atoms in total. The Labute approximate surface area is 79.6 Å². The second kappa shape index (κ2) is 3.78. The highest BCUT2D eigenvalue weighted by molar-refractivity contribution is 6.00. The predicted molar refractivity (Wildman–Crippen MR) is 46.5 cm³/mol. The molecule has 0 radical (unpaired) electrons. The van der Waals surface area contributed by atoms with Crippen LogP contribution in [0, 0.1) is 0 Å². The maximum absolute atomic E-state index is 11.1. The molecule has 0 saturated carbocycles. The lowest BCUT2D eigenvalue weighted by molar-refractivity contribution is 0.0597. The first kappa shape index (κ1) is 10.0. The van der Waals surface area contributed by atoms with Gasteiger partial charge in [0.25, 0.3) is 0 Å². The molecular formula is C9H8O5. The lowest BCUT2D eigenvalue weighted by Gasteiger charge is -2.05. The van der Waals surface area contributed by atoms with Gasteiger partial charge in [-0.2, -0.15) is 0 Å². The zero-order chi connectivity index (χ0) is 10.7. The third kappa shape index (κ3) is 1.66. The molecule has 0 bridgehead atoms. The molecule has 0 aliphatic carbocycles. The first-order chi connectivity index (χ1) is 6.60. The maximum atomic E-state index is 11.1. The fourth-order valence-electron chi connectivity index (χ4n) is 1.03. The quantitative estimate of drug-likeness (QED) is 0.537. The minimum atomic E-state index is -0.793. The number of hydrogen-bond donors (Lipinski definition) is 2. The summed E-state index contributed by atoms with van der Waals surface area (Å²) in [6.07, 6.45) is 0.320. The monoisotopic (exact) mass is 196 g/mol. The van der Waals surface area contributed by atoms with Crippen LogP contribution in [0.5, 0.6) is 11.5 Å². The van der Waals surface area contributed by atoms with Gasteiger partial charge >= 0.3 is 5.97 Å². The number of benzene rings is 1. The maximum Gasteiger partial charge on any atom is 0.338 e. The molecule has 0 unspecified atom stereocenters. The molecule has 5 heteroatoms. The molecule has 1 aromatic carbocycles. The highest BCUT2D eigenvalue weighted by atomic mass is 16.5. The van der Waals surface area contributed by atoms with E-state index in [1.807, 2.05) is 0 Å². The van der Waals surface area contributed by atoms with Crippen LogP contribution in [0.1, 0.15) is 20.7 Å². The summed E-state index contributed by atoms with van der Waals surface area (Å²) in [5.41, 5.74) is -0.366. The van der Waals surface area contributed by atoms with E-state index in [1.54, 1.807) is 0 Å². The molecule has 0 saturated heterocycles. The van der Waals surface area contributed by atoms with Crippen molar-refractivity contribution in [3.63, 3.8) is 0 Å². The molecule has 2 N–H and O–H groups in total. The average Bonchev–Trinajstić information content (AvgIpc) is 2.15. The van der Waals surface area contributed by atoms with Gasteiger partial charge in [-0.25, -0.2) is 4.79 Å². The Kier molecular flexibility index (Phi) is 2.71. The third-order valence-corrected chi connectivity index (χ3v) is 1.67. The van der Waals surface area contributed by atoms with E-state index in [9.17, 15) is 14.7 Å². The Morgan fingerprint density at radius 2 is 2.07 bits per heavy atom. The first-order valence-electron chi connectivity index (χ1n) is 3.69. The van der Waals surface area contributed by atoms with Crippen molar-refractivity contribution in [2.24, 2.45) is 0 Å². The molecule has 0 heterocycles. The Balaban J connectivity index is 3.39. The van der Waals surface area contributed by atoms with Crippen molar-refractivity contribution >= 4 is 12.3 Å². The average molecular weight is 196 g/mol. The van der Waals surface area contributed by atoms with Crippen LogP contribution in [0.15, 0.2) is 12.1 Å². The number of rotatable bonds is 2. The zero-order valence-corrected chi connectivity index (χ0v) is 7.35. The van der Waals surface area contributed by atoms with Crippen molar-refractivity contribution in [3.05, 3.63) is 23.3 Å². The second-order valence-electron chi connectivity index (χ2n) is 2.54. The zero-order valence-electron chi connectivity index (χ0n) is 7.35. The number of aromatic hydroxyl groups is 2. The number of ether oxygens (including phenoxy) is 1. The fraction of sp³-hybridized carbons (Fsp3) is 0.111. The number of carbonyl (C=O) groups excluding carboxylic acids is 2. The van der Waals surface area contributed by atoms with Gasteiger partial charge in [0.1, 0.15) is 11.5 Å². The molecule has 1 rings (SSSR count). The van der Waals surface area contributed by atoms with Gasteiger partial charge in [0, 0.05) is 6.07 Å². The van der Waals surface area contributed by atoms with Crippen LogP contribution in [0.25, 0.3) is 0 Å². The van der Waals surface area contributed by atoms with Gasteiger partial charge in [0.05, 0.1) is 18.2 Å². The largest absolute Gasteiger partial charge is 0.508 e. The van der Waals surface area contributed by atoms with E-state index >= 15 is 0 Å². The number of phenolic OH excluding ortho intramolecular Hbond substituents is 2. The molecule has 0 aromatic heterocycles.